The summed E-state index contributed by atoms with van der Waals surface area (Å²) in [5.74, 6) is 0.914. The molecule has 4 heteroatoms. The molecule has 0 spiro atoms. The zero-order valence-corrected chi connectivity index (χ0v) is 13.5. The van der Waals surface area contributed by atoms with Gasteiger partial charge in [0.2, 0.25) is 5.91 Å². The summed E-state index contributed by atoms with van der Waals surface area (Å²) in [4.78, 5) is 13.0. The zero-order chi connectivity index (χ0) is 15.1. The average Bonchev–Trinajstić information content (AvgIpc) is 2.48. The molecule has 0 aliphatic carbocycles. The summed E-state index contributed by atoms with van der Waals surface area (Å²) >= 11 is 7.54. The Bertz CT molecular complexity index is 581. The smallest absolute Gasteiger partial charge is 0.224 e. The molecule has 0 aliphatic rings. The molecule has 0 heterocycles. The van der Waals surface area contributed by atoms with Crippen molar-refractivity contribution in [2.75, 3.05) is 12.3 Å². The van der Waals surface area contributed by atoms with E-state index in [1.807, 2.05) is 55.5 Å². The molecule has 2 aromatic carbocycles. The van der Waals surface area contributed by atoms with Crippen LogP contribution in [0.2, 0.25) is 5.02 Å². The summed E-state index contributed by atoms with van der Waals surface area (Å²) in [7, 11) is 0. The van der Waals surface area contributed by atoms with E-state index in [1.54, 1.807) is 11.8 Å². The Kier molecular flexibility index (Phi) is 6.15. The third-order valence-electron chi connectivity index (χ3n) is 2.99. The third-order valence-corrected chi connectivity index (χ3v) is 4.26. The van der Waals surface area contributed by atoms with Crippen molar-refractivity contribution in [3.05, 3.63) is 64.7 Å². The Morgan fingerprint density at radius 2 is 1.76 bits per heavy atom. The number of hydrogen-bond acceptors (Lipinski definition) is 2. The van der Waals surface area contributed by atoms with Crippen LogP contribution < -0.4 is 5.32 Å². The zero-order valence-electron chi connectivity index (χ0n) is 11.9. The van der Waals surface area contributed by atoms with Gasteiger partial charge in [-0.05, 0) is 36.8 Å². The topological polar surface area (TPSA) is 29.1 Å². The van der Waals surface area contributed by atoms with Gasteiger partial charge >= 0.3 is 0 Å². The maximum absolute atomic E-state index is 11.8. The quantitative estimate of drug-likeness (QED) is 0.641. The van der Waals surface area contributed by atoms with Gasteiger partial charge in [-0.2, -0.15) is 0 Å². The van der Waals surface area contributed by atoms with Gasteiger partial charge in [-0.3, -0.25) is 4.79 Å². The molecule has 0 aromatic heterocycles. The van der Waals surface area contributed by atoms with Crippen LogP contribution in [0, 0.1) is 6.92 Å². The summed E-state index contributed by atoms with van der Waals surface area (Å²) in [6, 6.07) is 15.8. The first kappa shape index (κ1) is 15.9. The molecule has 2 aromatic rings. The van der Waals surface area contributed by atoms with Crippen molar-refractivity contribution in [2.24, 2.45) is 0 Å². The Hall–Kier alpha value is -1.45. The molecular weight excluding hydrogens is 302 g/mol. The minimum Gasteiger partial charge on any atom is -0.355 e. The van der Waals surface area contributed by atoms with Gasteiger partial charge in [0.1, 0.15) is 0 Å². The first-order chi connectivity index (χ1) is 10.1. The molecule has 0 saturated heterocycles. The minimum absolute atomic E-state index is 0.0653. The molecule has 0 radical (unpaired) electrons. The van der Waals surface area contributed by atoms with Gasteiger partial charge in [0.15, 0.2) is 0 Å². The van der Waals surface area contributed by atoms with Crippen LogP contribution in [0.3, 0.4) is 0 Å². The molecule has 2 nitrogen and oxygen atoms in total. The molecule has 110 valence electrons. The Balaban J connectivity index is 1.67. The summed E-state index contributed by atoms with van der Waals surface area (Å²) < 4.78 is 0. The molecule has 0 unspecified atom stereocenters. The predicted octanol–water partition coefficient (Wildman–Crippen LogP) is 4.10. The van der Waals surface area contributed by atoms with Crippen LogP contribution in [-0.2, 0) is 11.2 Å². The lowest BCUT2D eigenvalue weighted by Gasteiger charge is -2.06. The van der Waals surface area contributed by atoms with E-state index >= 15 is 0 Å². The molecule has 0 fully saturated rings. The SMILES string of the molecule is Cc1ccc(CC(=O)NCCSc2ccc(Cl)cc2)cc1. The van der Waals surface area contributed by atoms with Crippen molar-refractivity contribution in [1.82, 2.24) is 5.32 Å². The number of carbonyl (C=O) groups is 1. The van der Waals surface area contributed by atoms with Crippen LogP contribution in [0.25, 0.3) is 0 Å². The van der Waals surface area contributed by atoms with Gasteiger partial charge in [-0.1, -0.05) is 41.4 Å². The molecule has 1 amide bonds. The highest BCUT2D eigenvalue weighted by Gasteiger charge is 2.02. The molecule has 0 bridgehead atoms. The van der Waals surface area contributed by atoms with E-state index in [9.17, 15) is 4.79 Å². The Morgan fingerprint density at radius 3 is 2.43 bits per heavy atom. The first-order valence-corrected chi connectivity index (χ1v) is 8.20. The largest absolute Gasteiger partial charge is 0.355 e. The number of benzene rings is 2. The van der Waals surface area contributed by atoms with Crippen LogP contribution in [0.1, 0.15) is 11.1 Å². The number of nitrogens with one attached hydrogen (secondary N) is 1. The van der Waals surface area contributed by atoms with E-state index in [1.165, 1.54) is 5.56 Å². The van der Waals surface area contributed by atoms with E-state index in [0.717, 1.165) is 21.2 Å². The van der Waals surface area contributed by atoms with Gasteiger partial charge in [0.25, 0.3) is 0 Å². The normalized spacial score (nSPS) is 10.4. The van der Waals surface area contributed by atoms with Crippen LogP contribution in [-0.4, -0.2) is 18.2 Å². The number of amides is 1. The van der Waals surface area contributed by atoms with Gasteiger partial charge in [-0.25, -0.2) is 0 Å². The maximum atomic E-state index is 11.8. The highest BCUT2D eigenvalue weighted by Crippen LogP contribution is 2.19. The van der Waals surface area contributed by atoms with Gasteiger partial charge < -0.3 is 5.32 Å². The van der Waals surface area contributed by atoms with E-state index in [4.69, 9.17) is 11.6 Å². The van der Waals surface area contributed by atoms with E-state index < -0.39 is 0 Å². The molecule has 1 N–H and O–H groups in total. The molecule has 0 saturated carbocycles. The van der Waals surface area contributed by atoms with Crippen molar-refractivity contribution in [3.8, 4) is 0 Å². The number of hydrogen-bond donors (Lipinski definition) is 1. The second-order valence-electron chi connectivity index (χ2n) is 4.81. The molecular formula is C17H18ClNOS. The van der Waals surface area contributed by atoms with Crippen LogP contribution in [0.15, 0.2) is 53.4 Å². The summed E-state index contributed by atoms with van der Waals surface area (Å²) in [5, 5.41) is 3.68. The summed E-state index contributed by atoms with van der Waals surface area (Å²) in [6.45, 7) is 2.70. The van der Waals surface area contributed by atoms with Crippen molar-refractivity contribution in [2.45, 2.75) is 18.2 Å². The molecule has 21 heavy (non-hydrogen) atoms. The van der Waals surface area contributed by atoms with Crippen LogP contribution in [0.5, 0.6) is 0 Å². The van der Waals surface area contributed by atoms with E-state index in [2.05, 4.69) is 5.32 Å². The van der Waals surface area contributed by atoms with Crippen molar-refractivity contribution in [3.63, 3.8) is 0 Å². The second-order valence-corrected chi connectivity index (χ2v) is 6.42. The lowest BCUT2D eigenvalue weighted by Crippen LogP contribution is -2.27. The lowest BCUT2D eigenvalue weighted by molar-refractivity contribution is -0.120. The number of thioether (sulfide) groups is 1. The van der Waals surface area contributed by atoms with E-state index in [0.29, 0.717) is 13.0 Å². The summed E-state index contributed by atoms with van der Waals surface area (Å²) in [6.07, 6.45) is 0.436. The Morgan fingerprint density at radius 1 is 1.10 bits per heavy atom. The van der Waals surface area contributed by atoms with Crippen molar-refractivity contribution >= 4 is 29.3 Å². The fourth-order valence-electron chi connectivity index (χ4n) is 1.84. The van der Waals surface area contributed by atoms with Crippen molar-refractivity contribution < 1.29 is 4.79 Å². The van der Waals surface area contributed by atoms with Crippen molar-refractivity contribution in [1.29, 1.82) is 0 Å². The number of rotatable bonds is 6. The van der Waals surface area contributed by atoms with Crippen LogP contribution in [0.4, 0.5) is 0 Å². The fraction of sp³-hybridized carbons (Fsp3) is 0.235. The number of halogens is 1. The van der Waals surface area contributed by atoms with Crippen LogP contribution >= 0.6 is 23.4 Å². The summed E-state index contributed by atoms with van der Waals surface area (Å²) in [5.41, 5.74) is 2.25. The highest BCUT2D eigenvalue weighted by molar-refractivity contribution is 7.99. The second kappa shape index (κ2) is 8.11. The third kappa shape index (κ3) is 5.82. The highest BCUT2D eigenvalue weighted by atomic mass is 35.5. The number of carbonyl (C=O) groups excluding carboxylic acids is 1. The van der Waals surface area contributed by atoms with E-state index in [-0.39, 0.29) is 5.91 Å². The average molecular weight is 320 g/mol. The monoisotopic (exact) mass is 319 g/mol. The molecule has 2 rings (SSSR count). The van der Waals surface area contributed by atoms with Gasteiger partial charge in [0, 0.05) is 22.2 Å². The molecule has 0 atom stereocenters. The van der Waals surface area contributed by atoms with Gasteiger partial charge in [-0.15, -0.1) is 11.8 Å². The maximum Gasteiger partial charge on any atom is 0.224 e. The number of aryl methyl sites for hydroxylation is 1. The fourth-order valence-corrected chi connectivity index (χ4v) is 2.74. The minimum atomic E-state index is 0.0653. The first-order valence-electron chi connectivity index (χ1n) is 6.84. The Labute approximate surface area is 134 Å². The lowest BCUT2D eigenvalue weighted by atomic mass is 10.1. The predicted molar refractivity (Wildman–Crippen MR) is 90.1 cm³/mol. The van der Waals surface area contributed by atoms with Gasteiger partial charge in [0.05, 0.1) is 6.42 Å². The standard InChI is InChI=1S/C17H18ClNOS/c1-13-2-4-14(5-3-13)12-17(20)19-10-11-21-16-8-6-15(18)7-9-16/h2-9H,10-12H2,1H3,(H,19,20). The molecule has 0 aliphatic heterocycles.